The molecule has 6 nitrogen and oxygen atoms in total. The molecule has 0 saturated heterocycles. The molecule has 1 amide bonds. The van der Waals surface area contributed by atoms with E-state index in [0.29, 0.717) is 22.7 Å². The van der Waals surface area contributed by atoms with Crippen LogP contribution in [0, 0.1) is 11.3 Å². The number of phenols is 1. The van der Waals surface area contributed by atoms with Gasteiger partial charge in [-0.25, -0.2) is 0 Å². The monoisotopic (exact) mass is 384 g/mol. The Balaban J connectivity index is 2.29. The molecule has 2 aromatic rings. The Morgan fingerprint density at radius 1 is 1.37 bits per heavy atom. The van der Waals surface area contributed by atoms with E-state index in [-0.39, 0.29) is 23.0 Å². The molecule has 7 heteroatoms. The molecular weight excluding hydrogens is 368 g/mol. The predicted octanol–water partition coefficient (Wildman–Crippen LogP) is 4.16. The largest absolute Gasteiger partial charge is 0.508 e. The average Bonchev–Trinajstić information content (AvgIpc) is 2.66. The molecule has 0 aliphatic heterocycles. The number of ether oxygens (including phenoxy) is 2. The highest BCUT2D eigenvalue weighted by atomic mass is 35.5. The summed E-state index contributed by atoms with van der Waals surface area (Å²) < 4.78 is 10.7. The summed E-state index contributed by atoms with van der Waals surface area (Å²) in [6, 6.07) is 10.9. The van der Waals surface area contributed by atoms with E-state index in [2.05, 4.69) is 11.9 Å². The number of hydrogen-bond donors (Lipinski definition) is 2. The minimum absolute atomic E-state index is 0.0737. The van der Waals surface area contributed by atoms with Crippen LogP contribution >= 0.6 is 11.6 Å². The molecule has 0 bridgehead atoms. The molecule has 0 atom stereocenters. The molecule has 0 unspecified atom stereocenters. The number of hydrogen-bond acceptors (Lipinski definition) is 5. The lowest BCUT2D eigenvalue weighted by Gasteiger charge is -2.12. The Morgan fingerprint density at radius 2 is 2.07 bits per heavy atom. The van der Waals surface area contributed by atoms with Crippen molar-refractivity contribution in [2.24, 2.45) is 0 Å². The molecule has 2 N–H and O–H groups in total. The van der Waals surface area contributed by atoms with Gasteiger partial charge in [-0.05, 0) is 48.0 Å². The Labute approximate surface area is 161 Å². The van der Waals surface area contributed by atoms with Gasteiger partial charge in [0, 0.05) is 5.69 Å². The lowest BCUT2D eigenvalue weighted by molar-refractivity contribution is -0.112. The van der Waals surface area contributed by atoms with Crippen LogP contribution in [0.4, 0.5) is 5.69 Å². The summed E-state index contributed by atoms with van der Waals surface area (Å²) in [6.07, 6.45) is 2.96. The molecule has 0 aliphatic carbocycles. The minimum Gasteiger partial charge on any atom is -0.508 e. The number of phenolic OH excluding ortho intramolecular Hbond substituents is 1. The molecule has 2 aromatic carbocycles. The number of halogens is 1. The van der Waals surface area contributed by atoms with E-state index in [9.17, 15) is 15.2 Å². The maximum Gasteiger partial charge on any atom is 0.266 e. The van der Waals surface area contributed by atoms with E-state index in [1.54, 1.807) is 18.2 Å². The third kappa shape index (κ3) is 5.27. The maximum atomic E-state index is 12.3. The number of nitrogens with zero attached hydrogens (tertiary/aromatic N) is 1. The summed E-state index contributed by atoms with van der Waals surface area (Å²) in [5.41, 5.74) is 0.823. The first-order chi connectivity index (χ1) is 13.0. The first-order valence-corrected chi connectivity index (χ1v) is 8.19. The maximum absolute atomic E-state index is 12.3. The van der Waals surface area contributed by atoms with Gasteiger partial charge in [0.05, 0.1) is 12.1 Å². The average molecular weight is 385 g/mol. The van der Waals surface area contributed by atoms with Crippen LogP contribution in [0.2, 0.25) is 5.02 Å². The Kier molecular flexibility index (Phi) is 6.86. The quantitative estimate of drug-likeness (QED) is 0.323. The molecule has 0 heterocycles. The number of methoxy groups -OCH3 is 1. The number of carbonyl (C=O) groups excluding carboxylic acids is 1. The van der Waals surface area contributed by atoms with Gasteiger partial charge in [0.25, 0.3) is 5.91 Å². The Hall–Kier alpha value is -3.43. The number of rotatable bonds is 7. The highest BCUT2D eigenvalue weighted by molar-refractivity contribution is 6.32. The fourth-order valence-electron chi connectivity index (χ4n) is 2.16. The Morgan fingerprint density at radius 3 is 2.67 bits per heavy atom. The van der Waals surface area contributed by atoms with E-state index in [0.717, 1.165) is 0 Å². The van der Waals surface area contributed by atoms with Gasteiger partial charge in [0.2, 0.25) is 0 Å². The lowest BCUT2D eigenvalue weighted by Crippen LogP contribution is -2.13. The summed E-state index contributed by atoms with van der Waals surface area (Å²) in [5.74, 6) is 0.199. The number of nitriles is 1. The third-order valence-electron chi connectivity index (χ3n) is 3.40. The van der Waals surface area contributed by atoms with Crippen molar-refractivity contribution >= 4 is 29.3 Å². The van der Waals surface area contributed by atoms with Crippen molar-refractivity contribution in [3.05, 3.63) is 65.2 Å². The molecule has 138 valence electrons. The van der Waals surface area contributed by atoms with Crippen LogP contribution in [0.5, 0.6) is 17.2 Å². The van der Waals surface area contributed by atoms with Crippen LogP contribution in [0.25, 0.3) is 6.08 Å². The molecule has 27 heavy (non-hydrogen) atoms. The van der Waals surface area contributed by atoms with E-state index in [1.807, 2.05) is 6.07 Å². The topological polar surface area (TPSA) is 91.6 Å². The number of aromatic hydroxyl groups is 1. The zero-order chi connectivity index (χ0) is 19.8. The van der Waals surface area contributed by atoms with E-state index < -0.39 is 5.91 Å². The van der Waals surface area contributed by atoms with Gasteiger partial charge in [0.1, 0.15) is 24.0 Å². The number of nitrogens with one attached hydrogen (secondary N) is 1. The predicted molar refractivity (Wildman–Crippen MR) is 104 cm³/mol. The van der Waals surface area contributed by atoms with Gasteiger partial charge in [-0.1, -0.05) is 24.3 Å². The van der Waals surface area contributed by atoms with E-state index >= 15 is 0 Å². The first kappa shape index (κ1) is 19.9. The van der Waals surface area contributed by atoms with Crippen LogP contribution in [0.3, 0.4) is 0 Å². The van der Waals surface area contributed by atoms with Crippen LogP contribution in [0.15, 0.2) is 54.6 Å². The highest BCUT2D eigenvalue weighted by Crippen LogP contribution is 2.37. The zero-order valence-electron chi connectivity index (χ0n) is 14.5. The van der Waals surface area contributed by atoms with Crippen molar-refractivity contribution in [1.29, 1.82) is 5.26 Å². The van der Waals surface area contributed by atoms with Gasteiger partial charge >= 0.3 is 0 Å². The first-order valence-electron chi connectivity index (χ1n) is 7.82. The molecule has 0 fully saturated rings. The van der Waals surface area contributed by atoms with Gasteiger partial charge < -0.3 is 19.9 Å². The van der Waals surface area contributed by atoms with Crippen LogP contribution < -0.4 is 14.8 Å². The van der Waals surface area contributed by atoms with Crippen molar-refractivity contribution in [2.45, 2.75) is 0 Å². The lowest BCUT2D eigenvalue weighted by atomic mass is 10.1. The summed E-state index contributed by atoms with van der Waals surface area (Å²) >= 11 is 6.22. The van der Waals surface area contributed by atoms with Crippen LogP contribution in [0.1, 0.15) is 5.56 Å². The molecule has 0 aliphatic rings. The minimum atomic E-state index is -0.592. The second kappa shape index (κ2) is 9.32. The van der Waals surface area contributed by atoms with E-state index in [1.165, 1.54) is 37.5 Å². The van der Waals surface area contributed by atoms with Gasteiger partial charge in [-0.2, -0.15) is 5.26 Å². The van der Waals surface area contributed by atoms with Crippen LogP contribution in [-0.4, -0.2) is 24.7 Å². The summed E-state index contributed by atoms with van der Waals surface area (Å²) in [7, 11) is 1.46. The smallest absolute Gasteiger partial charge is 0.266 e. The normalized spacial score (nSPS) is 10.6. The molecule has 0 aromatic heterocycles. The summed E-state index contributed by atoms with van der Waals surface area (Å²) in [4.78, 5) is 12.3. The standard InChI is InChI=1S/C20H17ClN2O4/c1-3-8-27-19-17(21)10-13(11-18(19)26-2)9-14(12-22)20(25)23-15-4-6-16(24)7-5-15/h3-7,9-11,24H,1,8H2,2H3,(H,23,25)/b14-9+. The number of anilines is 1. The van der Waals surface area contributed by atoms with Crippen LogP contribution in [-0.2, 0) is 4.79 Å². The number of benzene rings is 2. The van der Waals surface area contributed by atoms with Crippen molar-refractivity contribution in [3.8, 4) is 23.3 Å². The van der Waals surface area contributed by atoms with Gasteiger partial charge in [-0.3, -0.25) is 4.79 Å². The molecule has 0 saturated carbocycles. The number of amides is 1. The van der Waals surface area contributed by atoms with Gasteiger partial charge in [-0.15, -0.1) is 0 Å². The zero-order valence-corrected chi connectivity index (χ0v) is 15.3. The van der Waals surface area contributed by atoms with Crippen molar-refractivity contribution in [2.75, 3.05) is 19.0 Å². The van der Waals surface area contributed by atoms with E-state index in [4.69, 9.17) is 21.1 Å². The Bertz CT molecular complexity index is 915. The molecule has 0 radical (unpaired) electrons. The molecule has 2 rings (SSSR count). The molecule has 0 spiro atoms. The second-order valence-corrected chi connectivity index (χ2v) is 5.71. The third-order valence-corrected chi connectivity index (χ3v) is 3.68. The summed E-state index contributed by atoms with van der Waals surface area (Å²) in [5, 5.41) is 21.5. The van der Waals surface area contributed by atoms with Crippen molar-refractivity contribution < 1.29 is 19.4 Å². The second-order valence-electron chi connectivity index (χ2n) is 5.30. The van der Waals surface area contributed by atoms with Crippen molar-refractivity contribution in [3.63, 3.8) is 0 Å². The van der Waals surface area contributed by atoms with Crippen molar-refractivity contribution in [1.82, 2.24) is 0 Å². The van der Waals surface area contributed by atoms with Gasteiger partial charge in [0.15, 0.2) is 11.5 Å². The fraction of sp³-hybridized carbons (Fsp3) is 0.100. The summed E-state index contributed by atoms with van der Waals surface area (Å²) in [6.45, 7) is 3.83. The fourth-order valence-corrected chi connectivity index (χ4v) is 2.44. The SMILES string of the molecule is C=CCOc1c(Cl)cc(/C=C(\C#N)C(=O)Nc2ccc(O)cc2)cc1OC. The number of carbonyl (C=O) groups is 1. The molecular formula is C20H17ClN2O4. The highest BCUT2D eigenvalue weighted by Gasteiger charge is 2.14.